The SMILES string of the molecule is CNc1ccc(C(F)(F)F)c(-n2c(=O)c(N)c(-c3c(F)cc(OC)cc3F)n2C)n1. The number of halogens is 5. The number of nitrogens with zero attached hydrogens (tertiary/aromatic N) is 3. The summed E-state index contributed by atoms with van der Waals surface area (Å²) in [4.78, 5) is 16.5. The van der Waals surface area contributed by atoms with Crippen LogP contribution in [0.15, 0.2) is 29.1 Å². The Bertz CT molecular complexity index is 1160. The summed E-state index contributed by atoms with van der Waals surface area (Å²) in [6, 6.07) is 3.53. The number of rotatable bonds is 4. The van der Waals surface area contributed by atoms with Gasteiger partial charge >= 0.3 is 6.18 Å². The van der Waals surface area contributed by atoms with E-state index in [0.717, 1.165) is 36.0 Å². The summed E-state index contributed by atoms with van der Waals surface area (Å²) in [7, 11) is 3.77. The van der Waals surface area contributed by atoms with Gasteiger partial charge in [-0.1, -0.05) is 0 Å². The Labute approximate surface area is 166 Å². The van der Waals surface area contributed by atoms with E-state index < -0.39 is 51.7 Å². The van der Waals surface area contributed by atoms with Gasteiger partial charge in [0.2, 0.25) is 0 Å². The first-order valence-electron chi connectivity index (χ1n) is 8.38. The summed E-state index contributed by atoms with van der Waals surface area (Å²) in [6.45, 7) is 0. The number of benzene rings is 1. The third-order valence-corrected chi connectivity index (χ3v) is 4.43. The maximum Gasteiger partial charge on any atom is 0.420 e. The minimum atomic E-state index is -4.86. The van der Waals surface area contributed by atoms with Gasteiger partial charge in [-0.2, -0.15) is 17.9 Å². The van der Waals surface area contributed by atoms with Crippen LogP contribution in [0.25, 0.3) is 17.1 Å². The fraction of sp³-hybridized carbons (Fsp3) is 0.222. The summed E-state index contributed by atoms with van der Waals surface area (Å²) in [5, 5.41) is 2.57. The van der Waals surface area contributed by atoms with Gasteiger partial charge in [0.05, 0.1) is 18.4 Å². The Kier molecular flexibility index (Phi) is 5.18. The van der Waals surface area contributed by atoms with Crippen LogP contribution in [-0.2, 0) is 13.2 Å². The van der Waals surface area contributed by atoms with Crippen LogP contribution in [0.4, 0.5) is 33.5 Å². The first-order valence-corrected chi connectivity index (χ1v) is 8.38. The van der Waals surface area contributed by atoms with Gasteiger partial charge in [0, 0.05) is 26.2 Å². The Hall–Kier alpha value is -3.57. The Morgan fingerprint density at radius 1 is 1.17 bits per heavy atom. The van der Waals surface area contributed by atoms with Gasteiger partial charge in [0.15, 0.2) is 5.82 Å². The molecule has 0 aliphatic carbocycles. The second-order valence-electron chi connectivity index (χ2n) is 6.18. The van der Waals surface area contributed by atoms with Crippen LogP contribution in [0.5, 0.6) is 5.75 Å². The second-order valence-corrected chi connectivity index (χ2v) is 6.18. The molecule has 2 aromatic heterocycles. The largest absolute Gasteiger partial charge is 0.497 e. The monoisotopic (exact) mass is 429 g/mol. The van der Waals surface area contributed by atoms with Gasteiger partial charge in [-0.3, -0.25) is 9.48 Å². The van der Waals surface area contributed by atoms with Gasteiger partial charge in [-0.05, 0) is 12.1 Å². The van der Waals surface area contributed by atoms with E-state index in [0.29, 0.717) is 4.68 Å². The van der Waals surface area contributed by atoms with Crippen LogP contribution < -0.4 is 21.3 Å². The number of nitrogen functional groups attached to an aromatic ring is 1. The highest BCUT2D eigenvalue weighted by Crippen LogP contribution is 2.36. The van der Waals surface area contributed by atoms with Gasteiger partial charge in [-0.25, -0.2) is 13.8 Å². The van der Waals surface area contributed by atoms with Crippen molar-refractivity contribution in [1.29, 1.82) is 0 Å². The van der Waals surface area contributed by atoms with Crippen molar-refractivity contribution in [3.8, 4) is 22.8 Å². The van der Waals surface area contributed by atoms with Crippen molar-refractivity contribution in [3.05, 3.63) is 51.8 Å². The van der Waals surface area contributed by atoms with Crippen molar-refractivity contribution in [2.75, 3.05) is 25.2 Å². The molecule has 0 bridgehead atoms. The number of alkyl halides is 3. The molecule has 0 aliphatic rings. The molecule has 1 aromatic carbocycles. The van der Waals surface area contributed by atoms with E-state index in [1.165, 1.54) is 14.2 Å². The third kappa shape index (κ3) is 3.33. The van der Waals surface area contributed by atoms with Crippen LogP contribution >= 0.6 is 0 Å². The molecule has 0 saturated heterocycles. The number of ether oxygens (including phenoxy) is 1. The van der Waals surface area contributed by atoms with E-state index in [1.807, 2.05) is 0 Å². The predicted octanol–water partition coefficient (Wildman–Crippen LogP) is 3.17. The maximum absolute atomic E-state index is 14.6. The molecular formula is C18H16F5N5O2. The summed E-state index contributed by atoms with van der Waals surface area (Å²) in [5.74, 6) is -3.11. The number of hydrogen-bond acceptors (Lipinski definition) is 5. The summed E-state index contributed by atoms with van der Waals surface area (Å²) >= 11 is 0. The lowest BCUT2D eigenvalue weighted by molar-refractivity contribution is -0.137. The zero-order chi connectivity index (χ0) is 22.4. The minimum absolute atomic E-state index is 0.0352. The fourth-order valence-electron chi connectivity index (χ4n) is 3.02. The maximum atomic E-state index is 14.6. The predicted molar refractivity (Wildman–Crippen MR) is 99.7 cm³/mol. The topological polar surface area (TPSA) is 87.1 Å². The third-order valence-electron chi connectivity index (χ3n) is 4.43. The van der Waals surface area contributed by atoms with Gasteiger partial charge in [-0.15, -0.1) is 0 Å². The van der Waals surface area contributed by atoms with E-state index in [4.69, 9.17) is 10.5 Å². The molecular weight excluding hydrogens is 413 g/mol. The molecule has 160 valence electrons. The number of anilines is 2. The first kappa shape index (κ1) is 21.1. The molecule has 12 heteroatoms. The number of pyridine rings is 1. The van der Waals surface area contributed by atoms with Crippen LogP contribution in [0.3, 0.4) is 0 Å². The molecule has 0 atom stereocenters. The number of nitrogens with two attached hydrogens (primary N) is 1. The molecule has 3 aromatic rings. The van der Waals surface area contributed by atoms with Crippen molar-refractivity contribution in [3.63, 3.8) is 0 Å². The molecule has 3 N–H and O–H groups in total. The quantitative estimate of drug-likeness (QED) is 0.623. The van der Waals surface area contributed by atoms with Crippen molar-refractivity contribution >= 4 is 11.5 Å². The molecule has 30 heavy (non-hydrogen) atoms. The summed E-state index contributed by atoms with van der Waals surface area (Å²) in [6.07, 6.45) is -4.86. The number of aromatic nitrogens is 3. The molecule has 7 nitrogen and oxygen atoms in total. The fourth-order valence-corrected chi connectivity index (χ4v) is 3.02. The molecule has 0 amide bonds. The van der Waals surface area contributed by atoms with Crippen molar-refractivity contribution < 1.29 is 26.7 Å². The molecule has 0 unspecified atom stereocenters. The normalized spacial score (nSPS) is 11.6. The highest BCUT2D eigenvalue weighted by atomic mass is 19.4. The van der Waals surface area contributed by atoms with E-state index in [2.05, 4.69) is 10.3 Å². The molecule has 2 heterocycles. The average Bonchev–Trinajstić information content (AvgIpc) is 2.89. The van der Waals surface area contributed by atoms with Crippen molar-refractivity contribution in [2.24, 2.45) is 7.05 Å². The minimum Gasteiger partial charge on any atom is -0.497 e. The highest BCUT2D eigenvalue weighted by Gasteiger charge is 2.37. The number of hydrogen-bond donors (Lipinski definition) is 2. The zero-order valence-corrected chi connectivity index (χ0v) is 15.9. The zero-order valence-electron chi connectivity index (χ0n) is 15.9. The number of methoxy groups -OCH3 is 1. The average molecular weight is 429 g/mol. The summed E-state index contributed by atoms with van der Waals surface area (Å²) < 4.78 is 75.8. The Morgan fingerprint density at radius 2 is 1.77 bits per heavy atom. The smallest absolute Gasteiger partial charge is 0.420 e. The van der Waals surface area contributed by atoms with E-state index in [1.54, 1.807) is 0 Å². The van der Waals surface area contributed by atoms with Crippen LogP contribution in [0.1, 0.15) is 5.56 Å². The lowest BCUT2D eigenvalue weighted by Gasteiger charge is -2.16. The Balaban J connectivity index is 2.37. The lowest BCUT2D eigenvalue weighted by Crippen LogP contribution is -2.25. The second kappa shape index (κ2) is 7.35. The van der Waals surface area contributed by atoms with Crippen LogP contribution in [0, 0.1) is 11.6 Å². The molecule has 0 aliphatic heterocycles. The van der Waals surface area contributed by atoms with Gasteiger partial charge in [0.25, 0.3) is 5.56 Å². The van der Waals surface area contributed by atoms with E-state index >= 15 is 0 Å². The summed E-state index contributed by atoms with van der Waals surface area (Å²) in [5.41, 5.74) is 1.64. The Morgan fingerprint density at radius 3 is 2.27 bits per heavy atom. The van der Waals surface area contributed by atoms with E-state index in [9.17, 15) is 26.7 Å². The molecule has 3 rings (SSSR count). The molecule has 0 fully saturated rings. The molecule has 0 saturated carbocycles. The first-order chi connectivity index (χ1) is 14.0. The van der Waals surface area contributed by atoms with Gasteiger partial charge < -0.3 is 15.8 Å². The number of nitrogens with one attached hydrogen (secondary N) is 1. The van der Waals surface area contributed by atoms with Crippen molar-refractivity contribution in [2.45, 2.75) is 6.18 Å². The van der Waals surface area contributed by atoms with E-state index in [-0.39, 0.29) is 11.6 Å². The highest BCUT2D eigenvalue weighted by molar-refractivity contribution is 5.74. The van der Waals surface area contributed by atoms with Crippen LogP contribution in [0.2, 0.25) is 0 Å². The lowest BCUT2D eigenvalue weighted by atomic mass is 10.1. The van der Waals surface area contributed by atoms with Gasteiger partial charge in [0.1, 0.15) is 34.5 Å². The standard InChI is InChI=1S/C18H16F5N5O2/c1-25-12-5-4-9(18(21,22)23)16(26-12)28-17(29)14(24)15(27(28)2)13-10(19)6-8(30-3)7-11(13)20/h4-7H,24H2,1-3H3,(H,25,26). The molecule has 0 spiro atoms. The molecule has 0 radical (unpaired) electrons. The van der Waals surface area contributed by atoms with Crippen molar-refractivity contribution in [1.82, 2.24) is 14.3 Å². The van der Waals surface area contributed by atoms with Crippen LogP contribution in [-0.4, -0.2) is 28.5 Å².